The van der Waals surface area contributed by atoms with E-state index >= 15 is 0 Å². The molecule has 0 spiro atoms. The second-order valence-corrected chi connectivity index (χ2v) is 5.26. The van der Waals surface area contributed by atoms with E-state index in [1.165, 1.54) is 17.3 Å². The average Bonchev–Trinajstić information content (AvgIpc) is 2.85. The highest BCUT2D eigenvalue weighted by Gasteiger charge is 2.16. The van der Waals surface area contributed by atoms with Gasteiger partial charge >= 0.3 is 0 Å². The van der Waals surface area contributed by atoms with Gasteiger partial charge in [0.05, 0.1) is 5.69 Å². The smallest absolute Gasteiger partial charge is 0.249 e. The van der Waals surface area contributed by atoms with E-state index < -0.39 is 6.04 Å². The van der Waals surface area contributed by atoms with Crippen molar-refractivity contribution in [3.05, 3.63) is 39.4 Å². The van der Waals surface area contributed by atoms with Crippen LogP contribution in [-0.2, 0) is 4.79 Å². The second kappa shape index (κ2) is 5.66. The van der Waals surface area contributed by atoms with Gasteiger partial charge in [-0.15, -0.1) is 0 Å². The monoisotopic (exact) mass is 376 g/mol. The summed E-state index contributed by atoms with van der Waals surface area (Å²) in [4.78, 5) is 15.8. The van der Waals surface area contributed by atoms with E-state index in [1.807, 2.05) is 0 Å². The van der Waals surface area contributed by atoms with Gasteiger partial charge in [0, 0.05) is 8.59 Å². The molecule has 1 atom stereocenters. The van der Waals surface area contributed by atoms with Crippen molar-refractivity contribution in [3.63, 3.8) is 0 Å². The number of anilines is 1. The van der Waals surface area contributed by atoms with Crippen molar-refractivity contribution in [1.29, 1.82) is 0 Å². The van der Waals surface area contributed by atoms with Gasteiger partial charge in [0.25, 0.3) is 0 Å². The third kappa shape index (κ3) is 2.99. The van der Waals surface area contributed by atoms with Gasteiger partial charge in [-0.2, -0.15) is 5.10 Å². The predicted molar refractivity (Wildman–Crippen MR) is 77.5 cm³/mol. The molecular weight excluding hydrogens is 367 g/mol. The van der Waals surface area contributed by atoms with Crippen LogP contribution in [0.1, 0.15) is 13.0 Å². The molecule has 1 unspecified atom stereocenters. The number of hydrogen-bond donors (Lipinski definition) is 1. The Morgan fingerprint density at radius 3 is 2.94 bits per heavy atom. The molecule has 2 rings (SSSR count). The Kier molecular flexibility index (Phi) is 4.18. The van der Waals surface area contributed by atoms with E-state index in [-0.39, 0.29) is 5.91 Å². The van der Waals surface area contributed by atoms with Crippen LogP contribution in [0, 0.1) is 3.57 Å². The summed E-state index contributed by atoms with van der Waals surface area (Å²) in [5.74, 6) is -0.152. The lowest BCUT2D eigenvalue weighted by Gasteiger charge is -2.13. The van der Waals surface area contributed by atoms with Crippen molar-refractivity contribution >= 4 is 45.8 Å². The molecule has 2 aromatic rings. The predicted octanol–water partition coefficient (Wildman–Crippen LogP) is 2.74. The molecule has 1 N–H and O–H groups in total. The molecule has 0 bridgehead atoms. The van der Waals surface area contributed by atoms with Crippen LogP contribution in [0.5, 0.6) is 0 Å². The van der Waals surface area contributed by atoms with Crippen molar-refractivity contribution in [3.8, 4) is 0 Å². The Balaban J connectivity index is 2.12. The van der Waals surface area contributed by atoms with Gasteiger partial charge in [0.1, 0.15) is 18.7 Å². The van der Waals surface area contributed by atoms with Crippen LogP contribution >= 0.6 is 34.2 Å². The number of hydrogen-bond acceptors (Lipinski definition) is 3. The van der Waals surface area contributed by atoms with Crippen LogP contribution in [0.2, 0.25) is 5.02 Å². The topological polar surface area (TPSA) is 59.8 Å². The summed E-state index contributed by atoms with van der Waals surface area (Å²) < 4.78 is 2.39. The minimum atomic E-state index is -0.418. The van der Waals surface area contributed by atoms with Crippen molar-refractivity contribution in [2.24, 2.45) is 0 Å². The molecule has 1 heterocycles. The summed E-state index contributed by atoms with van der Waals surface area (Å²) in [5, 5.41) is 7.41. The molecule has 0 radical (unpaired) electrons. The van der Waals surface area contributed by atoms with Crippen LogP contribution in [-0.4, -0.2) is 20.7 Å². The van der Waals surface area contributed by atoms with Gasteiger partial charge < -0.3 is 5.32 Å². The van der Waals surface area contributed by atoms with E-state index in [1.54, 1.807) is 25.1 Å². The highest BCUT2D eigenvalue weighted by molar-refractivity contribution is 14.1. The summed E-state index contributed by atoms with van der Waals surface area (Å²) in [7, 11) is 0. The molecule has 1 amide bonds. The Morgan fingerprint density at radius 1 is 1.56 bits per heavy atom. The lowest BCUT2D eigenvalue weighted by Crippen LogP contribution is -2.24. The van der Waals surface area contributed by atoms with E-state index in [4.69, 9.17) is 11.6 Å². The molecule has 0 fully saturated rings. The van der Waals surface area contributed by atoms with E-state index in [0.29, 0.717) is 5.02 Å². The molecule has 18 heavy (non-hydrogen) atoms. The highest BCUT2D eigenvalue weighted by atomic mass is 127. The zero-order valence-electron chi connectivity index (χ0n) is 9.47. The van der Waals surface area contributed by atoms with Crippen LogP contribution in [0.25, 0.3) is 0 Å². The number of nitrogens with one attached hydrogen (secondary N) is 1. The van der Waals surface area contributed by atoms with Gasteiger partial charge in [-0.1, -0.05) is 11.6 Å². The first kappa shape index (κ1) is 13.3. The fraction of sp³-hybridized carbons (Fsp3) is 0.182. The highest BCUT2D eigenvalue weighted by Crippen LogP contribution is 2.23. The standard InChI is InChI=1S/C11H10ClIN4O/c1-7(17-6-14-5-15-17)11(18)16-10-3-2-8(12)4-9(10)13/h2-7H,1H3,(H,16,18). The maximum absolute atomic E-state index is 12.0. The summed E-state index contributed by atoms with van der Waals surface area (Å²) in [6.45, 7) is 1.76. The minimum Gasteiger partial charge on any atom is -0.323 e. The fourth-order valence-electron chi connectivity index (χ4n) is 1.37. The van der Waals surface area contributed by atoms with Gasteiger partial charge in [-0.3, -0.25) is 4.79 Å². The fourth-order valence-corrected chi connectivity index (χ4v) is 2.37. The van der Waals surface area contributed by atoms with Crippen molar-refractivity contribution in [2.45, 2.75) is 13.0 Å². The third-order valence-corrected chi connectivity index (χ3v) is 3.53. The first-order valence-electron chi connectivity index (χ1n) is 5.18. The number of carbonyl (C=O) groups is 1. The molecule has 0 aliphatic rings. The summed E-state index contributed by atoms with van der Waals surface area (Å²) in [6.07, 6.45) is 2.91. The number of nitrogens with zero attached hydrogens (tertiary/aromatic N) is 3. The first-order chi connectivity index (χ1) is 8.58. The Bertz CT molecular complexity index is 558. The van der Waals surface area contributed by atoms with E-state index in [0.717, 1.165) is 9.26 Å². The number of halogens is 2. The van der Waals surface area contributed by atoms with E-state index in [9.17, 15) is 4.79 Å². The largest absolute Gasteiger partial charge is 0.323 e. The Morgan fingerprint density at radius 2 is 2.33 bits per heavy atom. The van der Waals surface area contributed by atoms with Crippen LogP contribution < -0.4 is 5.32 Å². The molecule has 0 saturated heterocycles. The Labute approximate surface area is 123 Å². The van der Waals surface area contributed by atoms with Crippen LogP contribution in [0.3, 0.4) is 0 Å². The molecule has 0 aliphatic carbocycles. The molecule has 0 saturated carbocycles. The second-order valence-electron chi connectivity index (χ2n) is 3.66. The van der Waals surface area contributed by atoms with Crippen LogP contribution in [0.4, 0.5) is 5.69 Å². The quantitative estimate of drug-likeness (QED) is 0.838. The normalized spacial score (nSPS) is 12.2. The number of benzene rings is 1. The lowest BCUT2D eigenvalue weighted by molar-refractivity contribution is -0.119. The number of aromatic nitrogens is 3. The number of carbonyl (C=O) groups excluding carboxylic acids is 1. The molecule has 0 aliphatic heterocycles. The number of rotatable bonds is 3. The van der Waals surface area contributed by atoms with Gasteiger partial charge in [-0.05, 0) is 47.7 Å². The molecule has 7 heteroatoms. The van der Waals surface area contributed by atoms with Gasteiger partial charge in [-0.25, -0.2) is 9.67 Å². The molecule has 5 nitrogen and oxygen atoms in total. The third-order valence-electron chi connectivity index (χ3n) is 2.40. The average molecular weight is 377 g/mol. The maximum atomic E-state index is 12.0. The molecule has 1 aromatic heterocycles. The molecular formula is C11H10ClIN4O. The van der Waals surface area contributed by atoms with E-state index in [2.05, 4.69) is 38.0 Å². The SMILES string of the molecule is CC(C(=O)Nc1ccc(Cl)cc1I)n1cncn1. The van der Waals surface area contributed by atoms with Gasteiger partial charge in [0.2, 0.25) is 5.91 Å². The van der Waals surface area contributed by atoms with Gasteiger partial charge in [0.15, 0.2) is 0 Å². The van der Waals surface area contributed by atoms with Crippen molar-refractivity contribution in [2.75, 3.05) is 5.32 Å². The maximum Gasteiger partial charge on any atom is 0.249 e. The Hall–Kier alpha value is -1.15. The summed E-state index contributed by atoms with van der Waals surface area (Å²) in [5.41, 5.74) is 0.733. The minimum absolute atomic E-state index is 0.152. The first-order valence-corrected chi connectivity index (χ1v) is 6.63. The van der Waals surface area contributed by atoms with Crippen molar-refractivity contribution in [1.82, 2.24) is 14.8 Å². The summed E-state index contributed by atoms with van der Waals surface area (Å²) in [6, 6.07) is 4.88. The van der Waals surface area contributed by atoms with Crippen LogP contribution in [0.15, 0.2) is 30.9 Å². The summed E-state index contributed by atoms with van der Waals surface area (Å²) >= 11 is 7.98. The molecule has 1 aromatic carbocycles. The molecule has 94 valence electrons. The lowest BCUT2D eigenvalue weighted by atomic mass is 10.3. The number of amides is 1. The zero-order chi connectivity index (χ0) is 13.1. The zero-order valence-corrected chi connectivity index (χ0v) is 12.4. The van der Waals surface area contributed by atoms with Crippen molar-refractivity contribution < 1.29 is 4.79 Å².